The first-order valence-corrected chi connectivity index (χ1v) is 13.7. The second-order valence-corrected chi connectivity index (χ2v) is 10.1. The SMILES string of the molecule is CC/C=C\C/C=C\C/C=C\C/C=C\CCCCCCC(=O)OCC(O)COCCC(C(=O)[O-])[N+](C)(C)C. The van der Waals surface area contributed by atoms with Gasteiger partial charge in [0, 0.05) is 12.8 Å². The molecule has 0 saturated heterocycles. The topological polar surface area (TPSA) is 95.9 Å². The number of allylic oxidation sites excluding steroid dienone is 8. The van der Waals surface area contributed by atoms with Crippen molar-refractivity contribution in [3.63, 3.8) is 0 Å². The van der Waals surface area contributed by atoms with Gasteiger partial charge in [0.25, 0.3) is 0 Å². The minimum atomic E-state index is -1.12. The Bertz CT molecular complexity index is 705. The fourth-order valence-electron chi connectivity index (χ4n) is 3.53. The van der Waals surface area contributed by atoms with Gasteiger partial charge in [-0.25, -0.2) is 0 Å². The highest BCUT2D eigenvalue weighted by atomic mass is 16.5. The third-order valence-corrected chi connectivity index (χ3v) is 5.71. The number of ether oxygens (including phenoxy) is 2. The van der Waals surface area contributed by atoms with E-state index in [0.717, 1.165) is 57.8 Å². The van der Waals surface area contributed by atoms with E-state index in [0.29, 0.717) is 6.42 Å². The third kappa shape index (κ3) is 22.7. The molecule has 0 rings (SSSR count). The summed E-state index contributed by atoms with van der Waals surface area (Å²) in [6, 6.07) is -0.691. The van der Waals surface area contributed by atoms with E-state index in [9.17, 15) is 19.8 Å². The number of hydrogen-bond donors (Lipinski definition) is 1. The molecule has 0 aromatic carbocycles. The number of aliphatic carboxylic acids is 1. The zero-order valence-corrected chi connectivity index (χ0v) is 23.6. The number of likely N-dealkylation sites (N-methyl/N-ethyl adjacent to an activating group) is 1. The maximum atomic E-state index is 11.8. The van der Waals surface area contributed by atoms with Crippen molar-refractivity contribution in [3.8, 4) is 0 Å². The van der Waals surface area contributed by atoms with Gasteiger partial charge in [0.1, 0.15) is 18.8 Å². The lowest BCUT2D eigenvalue weighted by atomic mass is 10.1. The Kier molecular flexibility index (Phi) is 21.6. The Balaban J connectivity index is 3.66. The molecule has 0 bridgehead atoms. The Morgan fingerprint density at radius 2 is 1.41 bits per heavy atom. The van der Waals surface area contributed by atoms with Crippen LogP contribution >= 0.6 is 0 Å². The molecule has 2 unspecified atom stereocenters. The first-order chi connectivity index (χ1) is 17.7. The Morgan fingerprint density at radius 1 is 0.838 bits per heavy atom. The molecule has 0 amide bonds. The Labute approximate surface area is 225 Å². The zero-order valence-electron chi connectivity index (χ0n) is 23.6. The molecular weight excluding hydrogens is 470 g/mol. The first kappa shape index (κ1) is 34.8. The van der Waals surface area contributed by atoms with Crippen molar-refractivity contribution in [3.05, 3.63) is 48.6 Å². The third-order valence-electron chi connectivity index (χ3n) is 5.71. The molecule has 0 spiro atoms. The van der Waals surface area contributed by atoms with Gasteiger partial charge in [-0.15, -0.1) is 0 Å². The van der Waals surface area contributed by atoms with E-state index in [-0.39, 0.29) is 36.7 Å². The van der Waals surface area contributed by atoms with Crippen LogP contribution in [0, 0.1) is 0 Å². The lowest BCUT2D eigenvalue weighted by molar-refractivity contribution is -0.889. The van der Waals surface area contributed by atoms with E-state index in [1.54, 1.807) is 21.1 Å². The van der Waals surface area contributed by atoms with Crippen LogP contribution in [-0.2, 0) is 19.1 Å². The number of carboxylic acids is 1. The van der Waals surface area contributed by atoms with Crippen molar-refractivity contribution in [2.24, 2.45) is 0 Å². The van der Waals surface area contributed by atoms with Gasteiger partial charge in [0.15, 0.2) is 0 Å². The van der Waals surface area contributed by atoms with Crippen molar-refractivity contribution < 1.29 is 33.8 Å². The van der Waals surface area contributed by atoms with E-state index >= 15 is 0 Å². The molecule has 1 N–H and O–H groups in total. The fraction of sp³-hybridized carbons (Fsp3) is 0.667. The van der Waals surface area contributed by atoms with Crippen LogP contribution in [0.5, 0.6) is 0 Å². The van der Waals surface area contributed by atoms with Gasteiger partial charge in [-0.05, 0) is 44.9 Å². The van der Waals surface area contributed by atoms with E-state index in [2.05, 4.69) is 55.5 Å². The van der Waals surface area contributed by atoms with Crippen LogP contribution in [0.3, 0.4) is 0 Å². The number of aliphatic hydroxyl groups excluding tert-OH is 1. The van der Waals surface area contributed by atoms with Gasteiger partial charge in [0.05, 0.1) is 40.3 Å². The first-order valence-electron chi connectivity index (χ1n) is 13.7. The lowest BCUT2D eigenvalue weighted by Crippen LogP contribution is -2.55. The van der Waals surface area contributed by atoms with Gasteiger partial charge in [-0.2, -0.15) is 0 Å². The summed E-state index contributed by atoms with van der Waals surface area (Å²) in [6.07, 6.45) is 26.3. The molecule has 0 aliphatic carbocycles. The highest BCUT2D eigenvalue weighted by Crippen LogP contribution is 2.09. The summed E-state index contributed by atoms with van der Waals surface area (Å²) in [5.74, 6) is -1.44. The quantitative estimate of drug-likeness (QED) is 0.0934. The molecule has 0 radical (unpaired) electrons. The Morgan fingerprint density at radius 3 is 1.97 bits per heavy atom. The zero-order chi connectivity index (χ0) is 27.8. The van der Waals surface area contributed by atoms with Crippen molar-refractivity contribution in [2.45, 2.75) is 89.7 Å². The maximum Gasteiger partial charge on any atom is 0.305 e. The number of quaternary nitrogens is 1. The summed E-state index contributed by atoms with van der Waals surface area (Å²) in [7, 11) is 5.34. The number of carboxylic acid groups (broad SMARTS) is 1. The van der Waals surface area contributed by atoms with Gasteiger partial charge < -0.3 is 29.0 Å². The number of hydrogen-bond acceptors (Lipinski definition) is 6. The summed E-state index contributed by atoms with van der Waals surface area (Å²) < 4.78 is 10.7. The van der Waals surface area contributed by atoms with Crippen LogP contribution in [-0.4, -0.2) is 74.6 Å². The number of nitrogens with zero attached hydrogens (tertiary/aromatic N) is 1. The van der Waals surface area contributed by atoms with Crippen molar-refractivity contribution in [1.82, 2.24) is 0 Å². The van der Waals surface area contributed by atoms with E-state index < -0.39 is 18.1 Å². The van der Waals surface area contributed by atoms with Crippen molar-refractivity contribution in [1.29, 1.82) is 0 Å². The molecule has 7 heteroatoms. The molecule has 0 aliphatic rings. The summed E-state index contributed by atoms with van der Waals surface area (Å²) in [5.41, 5.74) is 0. The molecule has 7 nitrogen and oxygen atoms in total. The number of esters is 1. The lowest BCUT2D eigenvalue weighted by Gasteiger charge is -2.34. The summed E-state index contributed by atoms with van der Waals surface area (Å²) >= 11 is 0. The van der Waals surface area contributed by atoms with Crippen LogP contribution in [0.2, 0.25) is 0 Å². The minimum Gasteiger partial charge on any atom is -0.544 e. The standard InChI is InChI=1S/C30H51NO6/c1-5-6-7-8-9-10-11-12-13-14-15-16-17-18-19-20-21-22-29(33)37-26-27(32)25-36-24-23-28(30(34)35)31(2,3)4/h6-7,9-10,12-13,15-16,27-28,32H,5,8,11,14,17-26H2,1-4H3/b7-6-,10-9-,13-12-,16-15-. The van der Waals surface area contributed by atoms with Gasteiger partial charge in [0.2, 0.25) is 0 Å². The van der Waals surface area contributed by atoms with Crippen molar-refractivity contribution >= 4 is 11.9 Å². The molecule has 37 heavy (non-hydrogen) atoms. The summed E-state index contributed by atoms with van der Waals surface area (Å²) in [4.78, 5) is 23.1. The summed E-state index contributed by atoms with van der Waals surface area (Å²) in [5, 5.41) is 21.1. The van der Waals surface area contributed by atoms with Crippen LogP contribution in [0.15, 0.2) is 48.6 Å². The van der Waals surface area contributed by atoms with Crippen LogP contribution in [0.25, 0.3) is 0 Å². The normalized spacial score (nSPS) is 14.3. The highest BCUT2D eigenvalue weighted by molar-refractivity contribution is 5.69. The molecule has 0 saturated carbocycles. The number of rotatable bonds is 23. The van der Waals surface area contributed by atoms with E-state index in [4.69, 9.17) is 9.47 Å². The molecule has 0 heterocycles. The van der Waals surface area contributed by atoms with E-state index in [1.807, 2.05) is 0 Å². The fourth-order valence-corrected chi connectivity index (χ4v) is 3.53. The second-order valence-electron chi connectivity index (χ2n) is 10.1. The molecule has 0 fully saturated rings. The number of unbranched alkanes of at least 4 members (excludes halogenated alkanes) is 4. The summed E-state index contributed by atoms with van der Waals surface area (Å²) in [6.45, 7) is 2.19. The predicted molar refractivity (Wildman–Crippen MR) is 148 cm³/mol. The van der Waals surface area contributed by atoms with Crippen LogP contribution < -0.4 is 5.11 Å². The molecule has 0 aliphatic heterocycles. The smallest absolute Gasteiger partial charge is 0.305 e. The number of carbonyl (C=O) groups is 2. The number of carbonyl (C=O) groups excluding carboxylic acids is 2. The highest BCUT2D eigenvalue weighted by Gasteiger charge is 2.24. The monoisotopic (exact) mass is 521 g/mol. The van der Waals surface area contributed by atoms with Gasteiger partial charge >= 0.3 is 5.97 Å². The molecular formula is C30H51NO6. The Hall–Kier alpha value is -2.22. The largest absolute Gasteiger partial charge is 0.544 e. The average Bonchev–Trinajstić information content (AvgIpc) is 2.83. The number of aliphatic hydroxyl groups is 1. The minimum absolute atomic E-state index is 0.0124. The predicted octanol–water partition coefficient (Wildman–Crippen LogP) is 4.27. The average molecular weight is 522 g/mol. The molecule has 0 aromatic rings. The van der Waals surface area contributed by atoms with E-state index in [1.165, 1.54) is 0 Å². The molecule has 2 atom stereocenters. The maximum absolute atomic E-state index is 11.8. The van der Waals surface area contributed by atoms with Crippen LogP contribution in [0.1, 0.15) is 77.6 Å². The molecule has 212 valence electrons. The van der Waals surface area contributed by atoms with Gasteiger partial charge in [-0.1, -0.05) is 68.4 Å². The molecule has 0 aromatic heterocycles. The second kappa shape index (κ2) is 22.9. The van der Waals surface area contributed by atoms with Gasteiger partial charge in [-0.3, -0.25) is 4.79 Å². The van der Waals surface area contributed by atoms with Crippen LogP contribution in [0.4, 0.5) is 0 Å². The van der Waals surface area contributed by atoms with Crippen molar-refractivity contribution in [2.75, 3.05) is 41.0 Å².